The monoisotopic (exact) mass is 337 g/mol. The van der Waals surface area contributed by atoms with Crippen molar-refractivity contribution in [3.05, 3.63) is 52.5 Å². The van der Waals surface area contributed by atoms with Gasteiger partial charge in [-0.15, -0.1) is 11.3 Å². The molecule has 0 fully saturated rings. The average Bonchev–Trinajstić information content (AvgIpc) is 3.10. The summed E-state index contributed by atoms with van der Waals surface area (Å²) in [6.07, 6.45) is -0.461. The maximum atomic E-state index is 12.0. The molecule has 2 aromatic rings. The molecule has 0 spiro atoms. The molecule has 0 radical (unpaired) electrons. The molecule has 0 bridgehead atoms. The lowest BCUT2D eigenvalue weighted by atomic mass is 9.91. The van der Waals surface area contributed by atoms with Crippen LogP contribution in [0.2, 0.25) is 0 Å². The Bertz CT molecular complexity index is 600. The minimum absolute atomic E-state index is 0.0519. The Kier molecular flexibility index (Phi) is 6.23. The summed E-state index contributed by atoms with van der Waals surface area (Å²) in [6.45, 7) is -0.307. The zero-order valence-electron chi connectivity index (χ0n) is 12.7. The number of methoxy groups -OCH3 is 1. The Balaban J connectivity index is 2.33. The smallest absolute Gasteiger partial charge is 0.342 e. The molecule has 2 atom stereocenters. The molecular weight excluding hydrogens is 318 g/mol. The van der Waals surface area contributed by atoms with Crippen LogP contribution in [0.15, 0.2) is 41.2 Å². The molecule has 0 aliphatic carbocycles. The van der Waals surface area contributed by atoms with Crippen molar-refractivity contribution < 1.29 is 24.5 Å². The Morgan fingerprint density at radius 3 is 2.65 bits per heavy atom. The summed E-state index contributed by atoms with van der Waals surface area (Å²) < 4.78 is 10.8. The number of aliphatic carboxylic acids is 1. The van der Waals surface area contributed by atoms with Crippen LogP contribution in [0.4, 0.5) is 0 Å². The lowest BCUT2D eigenvalue weighted by Gasteiger charge is -2.29. The highest BCUT2D eigenvalue weighted by molar-refractivity contribution is 7.07. The first-order chi connectivity index (χ1) is 11.1. The highest BCUT2D eigenvalue weighted by Crippen LogP contribution is 2.31. The molecule has 23 heavy (non-hydrogen) atoms. The van der Waals surface area contributed by atoms with Gasteiger partial charge in [-0.05, 0) is 5.56 Å². The molecule has 1 heterocycles. The van der Waals surface area contributed by atoms with Gasteiger partial charge in [0, 0.05) is 18.9 Å². The van der Waals surface area contributed by atoms with Gasteiger partial charge in [-0.1, -0.05) is 30.3 Å². The van der Waals surface area contributed by atoms with Crippen LogP contribution >= 0.6 is 11.3 Å². The zero-order chi connectivity index (χ0) is 16.7. The molecule has 6 nitrogen and oxygen atoms in total. The third-order valence-electron chi connectivity index (χ3n) is 3.54. The normalized spacial score (nSPS) is 15.0. The molecule has 0 unspecified atom stereocenters. The number of carboxylic acid groups (broad SMARTS) is 1. The van der Waals surface area contributed by atoms with E-state index in [4.69, 9.17) is 9.47 Å². The second-order valence-electron chi connectivity index (χ2n) is 5.02. The van der Waals surface area contributed by atoms with Crippen LogP contribution in [0.25, 0.3) is 0 Å². The van der Waals surface area contributed by atoms with Crippen LogP contribution in [0, 0.1) is 0 Å². The van der Waals surface area contributed by atoms with Gasteiger partial charge in [-0.3, -0.25) is 0 Å². The number of aromatic nitrogens is 1. The Labute approximate surface area is 138 Å². The lowest BCUT2D eigenvalue weighted by molar-refractivity contribution is -0.174. The van der Waals surface area contributed by atoms with Gasteiger partial charge in [0.1, 0.15) is 6.10 Å². The van der Waals surface area contributed by atoms with Crippen molar-refractivity contribution in [3.8, 4) is 0 Å². The summed E-state index contributed by atoms with van der Waals surface area (Å²) in [5, 5.41) is 20.7. The SMILES string of the molecule is CO[C@@H](CO)CO[C@](Cc1ccccc1)(C(=O)O)c1cscn1. The van der Waals surface area contributed by atoms with Gasteiger partial charge in [0.2, 0.25) is 5.60 Å². The number of carbonyl (C=O) groups is 1. The molecule has 2 rings (SSSR count). The summed E-state index contributed by atoms with van der Waals surface area (Å²) in [5.41, 5.74) is 1.11. The fraction of sp³-hybridized carbons (Fsp3) is 0.375. The Morgan fingerprint density at radius 2 is 2.13 bits per heavy atom. The van der Waals surface area contributed by atoms with Crippen molar-refractivity contribution in [1.29, 1.82) is 0 Å². The van der Waals surface area contributed by atoms with Crippen LogP contribution in [0.5, 0.6) is 0 Å². The van der Waals surface area contributed by atoms with E-state index in [9.17, 15) is 15.0 Å². The summed E-state index contributed by atoms with van der Waals surface area (Å²) in [6, 6.07) is 9.23. The number of ether oxygens (including phenoxy) is 2. The van der Waals surface area contributed by atoms with Crippen LogP contribution in [-0.4, -0.2) is 47.6 Å². The predicted molar refractivity (Wildman–Crippen MR) is 85.4 cm³/mol. The number of nitrogens with zero attached hydrogens (tertiary/aromatic N) is 1. The molecule has 1 aromatic carbocycles. The van der Waals surface area contributed by atoms with E-state index in [-0.39, 0.29) is 19.6 Å². The van der Waals surface area contributed by atoms with Gasteiger partial charge in [0.05, 0.1) is 24.4 Å². The first-order valence-electron chi connectivity index (χ1n) is 7.06. The van der Waals surface area contributed by atoms with Crippen molar-refractivity contribution in [2.75, 3.05) is 20.3 Å². The third kappa shape index (κ3) is 4.14. The van der Waals surface area contributed by atoms with E-state index in [1.54, 1.807) is 10.9 Å². The standard InChI is InChI=1S/C16H19NO5S/c1-21-13(8-18)9-22-16(15(19)20,14-10-23-11-17-14)7-12-5-3-2-4-6-12/h2-6,10-11,13,18H,7-9H2,1H3,(H,19,20)/t13-,16-/m0/s1. The molecule has 0 amide bonds. The molecule has 1 aromatic heterocycles. The second-order valence-corrected chi connectivity index (χ2v) is 5.74. The van der Waals surface area contributed by atoms with Crippen molar-refractivity contribution in [1.82, 2.24) is 4.98 Å². The Morgan fingerprint density at radius 1 is 1.39 bits per heavy atom. The number of hydrogen-bond donors (Lipinski definition) is 2. The molecule has 0 aliphatic heterocycles. The topological polar surface area (TPSA) is 88.9 Å². The lowest BCUT2D eigenvalue weighted by Crippen LogP contribution is -2.43. The second kappa shape index (κ2) is 8.16. The molecule has 0 saturated heterocycles. The minimum Gasteiger partial charge on any atom is -0.479 e. The first-order valence-corrected chi connectivity index (χ1v) is 8.00. The van der Waals surface area contributed by atoms with Crippen molar-refractivity contribution >= 4 is 17.3 Å². The quantitative estimate of drug-likeness (QED) is 0.724. The molecule has 2 N–H and O–H groups in total. The van der Waals surface area contributed by atoms with Gasteiger partial charge in [0.15, 0.2) is 0 Å². The van der Waals surface area contributed by atoms with Gasteiger partial charge in [0.25, 0.3) is 0 Å². The van der Waals surface area contributed by atoms with Crippen LogP contribution in [0.1, 0.15) is 11.3 Å². The highest BCUT2D eigenvalue weighted by Gasteiger charge is 2.44. The van der Waals surface area contributed by atoms with E-state index in [0.717, 1.165) is 5.56 Å². The molecule has 0 saturated carbocycles. The van der Waals surface area contributed by atoms with E-state index >= 15 is 0 Å². The fourth-order valence-corrected chi connectivity index (χ4v) is 2.80. The molecule has 124 valence electrons. The maximum absolute atomic E-state index is 12.0. The predicted octanol–water partition coefficient (Wildman–Crippen LogP) is 1.69. The maximum Gasteiger partial charge on any atom is 0.342 e. The molecule has 0 aliphatic rings. The fourth-order valence-electron chi connectivity index (χ4n) is 2.19. The highest BCUT2D eigenvalue weighted by atomic mass is 32.1. The first kappa shape index (κ1) is 17.6. The minimum atomic E-state index is -1.62. The number of aliphatic hydroxyl groups excluding tert-OH is 1. The van der Waals surface area contributed by atoms with Crippen LogP contribution in [0.3, 0.4) is 0 Å². The van der Waals surface area contributed by atoms with Crippen molar-refractivity contribution in [3.63, 3.8) is 0 Å². The number of carboxylic acids is 1. The van der Waals surface area contributed by atoms with E-state index in [1.165, 1.54) is 18.4 Å². The summed E-state index contributed by atoms with van der Waals surface area (Å²) in [5.74, 6) is -1.12. The van der Waals surface area contributed by atoms with Gasteiger partial charge >= 0.3 is 5.97 Å². The number of thiazole rings is 1. The van der Waals surface area contributed by atoms with Gasteiger partial charge in [-0.25, -0.2) is 9.78 Å². The van der Waals surface area contributed by atoms with E-state index < -0.39 is 17.7 Å². The summed E-state index contributed by atoms with van der Waals surface area (Å²) in [4.78, 5) is 16.2. The average molecular weight is 337 g/mol. The largest absolute Gasteiger partial charge is 0.479 e. The summed E-state index contributed by atoms with van der Waals surface area (Å²) >= 11 is 1.31. The number of aliphatic hydroxyl groups is 1. The van der Waals surface area contributed by atoms with E-state index in [1.807, 2.05) is 30.3 Å². The number of rotatable bonds is 9. The van der Waals surface area contributed by atoms with Crippen molar-refractivity contribution in [2.24, 2.45) is 0 Å². The van der Waals surface area contributed by atoms with Gasteiger partial charge < -0.3 is 19.7 Å². The third-order valence-corrected chi connectivity index (χ3v) is 4.13. The van der Waals surface area contributed by atoms with Crippen LogP contribution in [-0.2, 0) is 26.3 Å². The van der Waals surface area contributed by atoms with E-state index in [0.29, 0.717) is 5.69 Å². The molecular formula is C16H19NO5S. The number of benzene rings is 1. The van der Waals surface area contributed by atoms with E-state index in [2.05, 4.69) is 4.98 Å². The zero-order valence-corrected chi connectivity index (χ0v) is 13.5. The molecule has 7 heteroatoms. The van der Waals surface area contributed by atoms with Crippen LogP contribution < -0.4 is 0 Å². The summed E-state index contributed by atoms with van der Waals surface area (Å²) in [7, 11) is 1.44. The Hall–Kier alpha value is -1.80. The van der Waals surface area contributed by atoms with Gasteiger partial charge in [-0.2, -0.15) is 0 Å². The van der Waals surface area contributed by atoms with Crippen molar-refractivity contribution in [2.45, 2.75) is 18.1 Å². The number of hydrogen-bond acceptors (Lipinski definition) is 6.